The number of pyridine rings is 1. The first-order chi connectivity index (χ1) is 12.0. The zero-order valence-corrected chi connectivity index (χ0v) is 13.9. The summed E-state index contributed by atoms with van der Waals surface area (Å²) >= 11 is 0. The van der Waals surface area contributed by atoms with Crippen molar-refractivity contribution in [3.63, 3.8) is 0 Å². The molecule has 2 N–H and O–H groups in total. The summed E-state index contributed by atoms with van der Waals surface area (Å²) in [4.78, 5) is 30.4. The number of Topliss-reactive ketones (excluding diaryl/α,β-unsaturated/α-hetero) is 1. The summed E-state index contributed by atoms with van der Waals surface area (Å²) in [6, 6.07) is 7.42. The zero-order valence-electron chi connectivity index (χ0n) is 13.9. The second kappa shape index (κ2) is 6.39. The number of hydrogen-bond acceptors (Lipinski definition) is 5. The molecule has 1 aliphatic rings. The average molecular weight is 338 g/mol. The lowest BCUT2D eigenvalue weighted by Gasteiger charge is -2.27. The molecular weight excluding hydrogens is 320 g/mol. The van der Waals surface area contributed by atoms with Gasteiger partial charge in [-0.3, -0.25) is 19.5 Å². The number of carbonyl (C=O) groups is 2. The summed E-state index contributed by atoms with van der Waals surface area (Å²) in [7, 11) is 0. The van der Waals surface area contributed by atoms with Gasteiger partial charge in [-0.15, -0.1) is 0 Å². The molecule has 2 aromatic rings. The SMILES string of the molecule is CCC(=O)C1=C(O)C(=O)N(c2cc(C)ccc2O)C1c1cccnc1. The highest BCUT2D eigenvalue weighted by Crippen LogP contribution is 2.44. The minimum Gasteiger partial charge on any atom is -0.506 e. The maximum absolute atomic E-state index is 12.7. The van der Waals surface area contributed by atoms with Gasteiger partial charge in [0, 0.05) is 18.8 Å². The first-order valence-corrected chi connectivity index (χ1v) is 7.95. The highest BCUT2D eigenvalue weighted by atomic mass is 16.3. The molecule has 1 atom stereocenters. The molecule has 0 radical (unpaired) electrons. The molecule has 1 aromatic heterocycles. The van der Waals surface area contributed by atoms with Crippen LogP contribution in [0.4, 0.5) is 5.69 Å². The number of nitrogens with zero attached hydrogens (tertiary/aromatic N) is 2. The van der Waals surface area contributed by atoms with Crippen molar-refractivity contribution in [1.82, 2.24) is 4.98 Å². The monoisotopic (exact) mass is 338 g/mol. The summed E-state index contributed by atoms with van der Waals surface area (Å²) < 4.78 is 0. The van der Waals surface area contributed by atoms with Crippen LogP contribution in [0.15, 0.2) is 54.1 Å². The van der Waals surface area contributed by atoms with E-state index in [1.165, 1.54) is 11.0 Å². The van der Waals surface area contributed by atoms with Crippen LogP contribution < -0.4 is 4.90 Å². The van der Waals surface area contributed by atoms with Gasteiger partial charge >= 0.3 is 0 Å². The minimum absolute atomic E-state index is 0.0291. The molecule has 0 saturated heterocycles. The first kappa shape index (κ1) is 16.7. The van der Waals surface area contributed by atoms with Gasteiger partial charge in [-0.2, -0.15) is 0 Å². The first-order valence-electron chi connectivity index (χ1n) is 7.95. The molecule has 0 fully saturated rings. The number of rotatable bonds is 4. The van der Waals surface area contributed by atoms with Crippen molar-refractivity contribution in [2.75, 3.05) is 4.90 Å². The van der Waals surface area contributed by atoms with Crippen LogP contribution in [0.2, 0.25) is 0 Å². The van der Waals surface area contributed by atoms with Gasteiger partial charge < -0.3 is 10.2 Å². The molecule has 1 aliphatic heterocycles. The maximum Gasteiger partial charge on any atom is 0.294 e. The van der Waals surface area contributed by atoms with Crippen LogP contribution >= 0.6 is 0 Å². The largest absolute Gasteiger partial charge is 0.506 e. The predicted molar refractivity (Wildman–Crippen MR) is 92.3 cm³/mol. The molecule has 1 aromatic carbocycles. The predicted octanol–water partition coefficient (Wildman–Crippen LogP) is 2.97. The third-order valence-corrected chi connectivity index (χ3v) is 4.22. The Kier molecular flexibility index (Phi) is 4.27. The Labute approximate surface area is 145 Å². The normalized spacial score (nSPS) is 17.3. The maximum atomic E-state index is 12.7. The molecule has 1 unspecified atom stereocenters. The van der Waals surface area contributed by atoms with Crippen molar-refractivity contribution in [1.29, 1.82) is 0 Å². The van der Waals surface area contributed by atoms with Crippen LogP contribution in [0.1, 0.15) is 30.5 Å². The molecule has 6 heteroatoms. The summed E-state index contributed by atoms with van der Waals surface area (Å²) in [5, 5.41) is 20.6. The molecular formula is C19H18N2O4. The lowest BCUT2D eigenvalue weighted by molar-refractivity contribution is -0.118. The second-order valence-electron chi connectivity index (χ2n) is 5.90. The van der Waals surface area contributed by atoms with Gasteiger partial charge in [0.05, 0.1) is 17.3 Å². The fourth-order valence-corrected chi connectivity index (χ4v) is 3.01. The fourth-order valence-electron chi connectivity index (χ4n) is 3.01. The van der Waals surface area contributed by atoms with Crippen LogP contribution in [-0.4, -0.2) is 26.9 Å². The van der Waals surface area contributed by atoms with Crippen LogP contribution in [0, 0.1) is 6.92 Å². The Bertz CT molecular complexity index is 874. The van der Waals surface area contributed by atoms with E-state index in [4.69, 9.17) is 0 Å². The van der Waals surface area contributed by atoms with E-state index >= 15 is 0 Å². The van der Waals surface area contributed by atoms with Crippen molar-refractivity contribution < 1.29 is 19.8 Å². The highest BCUT2D eigenvalue weighted by Gasteiger charge is 2.44. The number of amides is 1. The number of anilines is 1. The standard InChI is InChI=1S/C19H18N2O4/c1-3-14(22)16-17(12-5-4-8-20-10-12)21(19(25)18(16)24)13-9-11(2)6-7-15(13)23/h4-10,17,23-24H,3H2,1-2H3. The number of carbonyl (C=O) groups excluding carboxylic acids is 2. The lowest BCUT2D eigenvalue weighted by Crippen LogP contribution is -2.31. The van der Waals surface area contributed by atoms with Crippen molar-refractivity contribution >= 4 is 17.4 Å². The quantitative estimate of drug-likeness (QED) is 0.894. The van der Waals surface area contributed by atoms with Gasteiger partial charge in [0.2, 0.25) is 0 Å². The van der Waals surface area contributed by atoms with Crippen LogP contribution in [-0.2, 0) is 9.59 Å². The molecule has 128 valence electrons. The molecule has 25 heavy (non-hydrogen) atoms. The third-order valence-electron chi connectivity index (χ3n) is 4.22. The second-order valence-corrected chi connectivity index (χ2v) is 5.90. The van der Waals surface area contributed by atoms with Crippen molar-refractivity contribution in [2.24, 2.45) is 0 Å². The molecule has 0 saturated carbocycles. The van der Waals surface area contributed by atoms with Crippen molar-refractivity contribution in [3.8, 4) is 5.75 Å². The summed E-state index contributed by atoms with van der Waals surface area (Å²) in [5.74, 6) is -1.73. The van der Waals surface area contributed by atoms with E-state index in [2.05, 4.69) is 4.98 Å². The topological polar surface area (TPSA) is 90.7 Å². The van der Waals surface area contributed by atoms with Crippen molar-refractivity contribution in [3.05, 3.63) is 65.2 Å². The van der Waals surface area contributed by atoms with Crippen LogP contribution in [0.5, 0.6) is 5.75 Å². The summed E-state index contributed by atoms with van der Waals surface area (Å²) in [5.41, 5.74) is 1.68. The Balaban J connectivity index is 2.22. The van der Waals surface area contributed by atoms with Gasteiger partial charge in [-0.05, 0) is 36.2 Å². The third kappa shape index (κ3) is 2.76. The molecule has 1 amide bonds. The minimum atomic E-state index is -0.832. The Morgan fingerprint density at radius 2 is 2.04 bits per heavy atom. The molecule has 0 aliphatic carbocycles. The molecule has 0 bridgehead atoms. The number of aromatic hydroxyl groups is 1. The molecule has 6 nitrogen and oxygen atoms in total. The Morgan fingerprint density at radius 1 is 1.28 bits per heavy atom. The van der Waals surface area contributed by atoms with Crippen molar-refractivity contribution in [2.45, 2.75) is 26.3 Å². The molecule has 2 heterocycles. The van der Waals surface area contributed by atoms with E-state index in [1.54, 1.807) is 43.6 Å². The Hall–Kier alpha value is -3.15. The number of phenols is 1. The van der Waals surface area contributed by atoms with Crippen LogP contribution in [0.25, 0.3) is 0 Å². The summed E-state index contributed by atoms with van der Waals surface area (Å²) in [6.07, 6.45) is 3.27. The van der Waals surface area contributed by atoms with E-state index < -0.39 is 17.7 Å². The van der Waals surface area contributed by atoms with Gasteiger partial charge in [0.1, 0.15) is 5.75 Å². The lowest BCUT2D eigenvalue weighted by atomic mass is 9.96. The summed E-state index contributed by atoms with van der Waals surface area (Å²) in [6.45, 7) is 3.49. The van der Waals surface area contributed by atoms with Crippen LogP contribution in [0.3, 0.4) is 0 Å². The Morgan fingerprint density at radius 3 is 2.68 bits per heavy atom. The van der Waals surface area contributed by atoms with E-state index in [0.717, 1.165) is 5.56 Å². The molecule has 3 rings (SSSR count). The highest BCUT2D eigenvalue weighted by molar-refractivity contribution is 6.16. The number of benzene rings is 1. The van der Waals surface area contributed by atoms with Gasteiger partial charge in [-0.1, -0.05) is 19.1 Å². The van der Waals surface area contributed by atoms with Gasteiger partial charge in [0.15, 0.2) is 11.5 Å². The number of hydrogen-bond donors (Lipinski definition) is 2. The fraction of sp³-hybridized carbons (Fsp3) is 0.211. The number of ketones is 1. The number of aromatic nitrogens is 1. The van der Waals surface area contributed by atoms with E-state index in [0.29, 0.717) is 5.56 Å². The van der Waals surface area contributed by atoms with Gasteiger partial charge in [0.25, 0.3) is 5.91 Å². The number of aliphatic hydroxyl groups is 1. The van der Waals surface area contributed by atoms with Gasteiger partial charge in [-0.25, -0.2) is 0 Å². The number of phenolic OH excluding ortho intramolecular Hbond substituents is 1. The molecule has 0 spiro atoms. The smallest absolute Gasteiger partial charge is 0.294 e. The van der Waals surface area contributed by atoms with E-state index in [9.17, 15) is 19.8 Å². The van der Waals surface area contributed by atoms with E-state index in [-0.39, 0.29) is 29.2 Å². The van der Waals surface area contributed by atoms with E-state index in [1.807, 2.05) is 6.92 Å². The number of aliphatic hydroxyl groups excluding tert-OH is 1. The average Bonchev–Trinajstić information content (AvgIpc) is 2.88. The number of aryl methyl sites for hydroxylation is 1. The zero-order chi connectivity index (χ0) is 18.1.